The van der Waals surface area contributed by atoms with Gasteiger partial charge in [-0.1, -0.05) is 26.7 Å². The summed E-state index contributed by atoms with van der Waals surface area (Å²) in [4.78, 5) is 11.0. The highest BCUT2D eigenvalue weighted by Gasteiger charge is 2.00. The molecule has 84 valence electrons. The van der Waals surface area contributed by atoms with E-state index in [0.29, 0.717) is 19.6 Å². The summed E-state index contributed by atoms with van der Waals surface area (Å²) < 4.78 is 10.2. The first kappa shape index (κ1) is 13.4. The number of hydrogen-bond acceptors (Lipinski definition) is 3. The first-order valence-electron chi connectivity index (χ1n) is 5.54. The van der Waals surface area contributed by atoms with Crippen LogP contribution in [-0.4, -0.2) is 25.8 Å². The van der Waals surface area contributed by atoms with E-state index < -0.39 is 0 Å². The monoisotopic (exact) mass is 202 g/mol. The zero-order chi connectivity index (χ0) is 10.6. The maximum atomic E-state index is 11.0. The number of hydrogen-bond donors (Lipinski definition) is 0. The standard InChI is InChI=1S/C11H22O3/c1-3-5-7-11(12)14-10-9-13-8-6-4-2/h3-10H2,1-2H3. The molecule has 0 N–H and O–H groups in total. The molecule has 0 atom stereocenters. The van der Waals surface area contributed by atoms with E-state index in [-0.39, 0.29) is 5.97 Å². The van der Waals surface area contributed by atoms with Gasteiger partial charge in [0.15, 0.2) is 0 Å². The second-order valence-electron chi connectivity index (χ2n) is 3.29. The summed E-state index contributed by atoms with van der Waals surface area (Å²) in [5, 5.41) is 0. The summed E-state index contributed by atoms with van der Waals surface area (Å²) in [6, 6.07) is 0. The summed E-state index contributed by atoms with van der Waals surface area (Å²) in [6.07, 6.45) is 4.68. The molecule has 0 aliphatic carbocycles. The van der Waals surface area contributed by atoms with Crippen molar-refractivity contribution >= 4 is 5.97 Å². The minimum atomic E-state index is -0.106. The maximum absolute atomic E-state index is 11.0. The van der Waals surface area contributed by atoms with Crippen molar-refractivity contribution in [3.8, 4) is 0 Å². The molecule has 0 aliphatic heterocycles. The van der Waals surface area contributed by atoms with Gasteiger partial charge in [0.25, 0.3) is 0 Å². The molecule has 0 aromatic carbocycles. The fraction of sp³-hybridized carbons (Fsp3) is 0.909. The Labute approximate surface area is 86.8 Å². The molecule has 0 aromatic heterocycles. The molecule has 0 amide bonds. The van der Waals surface area contributed by atoms with E-state index >= 15 is 0 Å². The van der Waals surface area contributed by atoms with Crippen molar-refractivity contribution in [1.29, 1.82) is 0 Å². The first-order valence-corrected chi connectivity index (χ1v) is 5.54. The normalized spacial score (nSPS) is 10.1. The van der Waals surface area contributed by atoms with Gasteiger partial charge in [-0.05, 0) is 12.8 Å². The smallest absolute Gasteiger partial charge is 0.305 e. The molecule has 0 fully saturated rings. The van der Waals surface area contributed by atoms with Gasteiger partial charge in [0.1, 0.15) is 6.61 Å². The molecular weight excluding hydrogens is 180 g/mol. The minimum Gasteiger partial charge on any atom is -0.463 e. The predicted octanol–water partition coefficient (Wildman–Crippen LogP) is 2.54. The number of ether oxygens (including phenoxy) is 2. The highest BCUT2D eigenvalue weighted by Crippen LogP contribution is 1.96. The lowest BCUT2D eigenvalue weighted by molar-refractivity contribution is -0.145. The van der Waals surface area contributed by atoms with Crippen molar-refractivity contribution in [2.75, 3.05) is 19.8 Å². The van der Waals surface area contributed by atoms with Gasteiger partial charge < -0.3 is 9.47 Å². The largest absolute Gasteiger partial charge is 0.463 e. The molecule has 0 heterocycles. The third kappa shape index (κ3) is 9.52. The molecule has 3 heteroatoms. The molecule has 0 saturated heterocycles. The molecule has 0 bridgehead atoms. The maximum Gasteiger partial charge on any atom is 0.305 e. The van der Waals surface area contributed by atoms with Gasteiger partial charge in [-0.15, -0.1) is 0 Å². The summed E-state index contributed by atoms with van der Waals surface area (Å²) >= 11 is 0. The van der Waals surface area contributed by atoms with Gasteiger partial charge in [0.05, 0.1) is 6.61 Å². The molecule has 0 spiro atoms. The molecular formula is C11H22O3. The van der Waals surface area contributed by atoms with Crippen LogP contribution in [0.4, 0.5) is 0 Å². The zero-order valence-corrected chi connectivity index (χ0v) is 9.38. The Morgan fingerprint density at radius 2 is 1.71 bits per heavy atom. The average Bonchev–Trinajstić information content (AvgIpc) is 2.20. The van der Waals surface area contributed by atoms with Crippen LogP contribution in [0.1, 0.15) is 46.0 Å². The molecule has 0 saturated carbocycles. The Morgan fingerprint density at radius 3 is 2.36 bits per heavy atom. The van der Waals surface area contributed by atoms with Crippen molar-refractivity contribution < 1.29 is 14.3 Å². The van der Waals surface area contributed by atoms with Crippen molar-refractivity contribution in [2.45, 2.75) is 46.0 Å². The molecule has 14 heavy (non-hydrogen) atoms. The van der Waals surface area contributed by atoms with E-state index in [9.17, 15) is 4.79 Å². The van der Waals surface area contributed by atoms with Crippen molar-refractivity contribution in [1.82, 2.24) is 0 Å². The van der Waals surface area contributed by atoms with Crippen molar-refractivity contribution in [3.05, 3.63) is 0 Å². The SMILES string of the molecule is CCCCOCCOC(=O)CCCC. The van der Waals surface area contributed by atoms with E-state index in [1.165, 1.54) is 0 Å². The summed E-state index contributed by atoms with van der Waals surface area (Å²) in [6.45, 7) is 5.86. The molecule has 0 aromatic rings. The number of rotatable bonds is 9. The van der Waals surface area contributed by atoms with Crippen LogP contribution in [0.25, 0.3) is 0 Å². The third-order valence-electron chi connectivity index (χ3n) is 1.87. The molecule has 0 radical (unpaired) electrons. The Balaban J connectivity index is 3.07. The third-order valence-corrected chi connectivity index (χ3v) is 1.87. The van der Waals surface area contributed by atoms with Gasteiger partial charge in [-0.25, -0.2) is 0 Å². The highest BCUT2D eigenvalue weighted by molar-refractivity contribution is 5.69. The summed E-state index contributed by atoms with van der Waals surface area (Å²) in [5.74, 6) is -0.106. The van der Waals surface area contributed by atoms with E-state index in [0.717, 1.165) is 32.3 Å². The van der Waals surface area contributed by atoms with Crippen LogP contribution in [0.5, 0.6) is 0 Å². The van der Waals surface area contributed by atoms with Crippen molar-refractivity contribution in [2.24, 2.45) is 0 Å². The average molecular weight is 202 g/mol. The van der Waals surface area contributed by atoms with Crippen LogP contribution in [0.3, 0.4) is 0 Å². The predicted molar refractivity (Wildman–Crippen MR) is 56.2 cm³/mol. The van der Waals surface area contributed by atoms with Crippen LogP contribution in [0.2, 0.25) is 0 Å². The number of carbonyl (C=O) groups is 1. The summed E-state index contributed by atoms with van der Waals surface area (Å²) in [7, 11) is 0. The van der Waals surface area contributed by atoms with Crippen molar-refractivity contribution in [3.63, 3.8) is 0 Å². The Hall–Kier alpha value is -0.570. The second kappa shape index (κ2) is 10.5. The van der Waals surface area contributed by atoms with E-state index in [2.05, 4.69) is 13.8 Å². The fourth-order valence-electron chi connectivity index (χ4n) is 0.956. The van der Waals surface area contributed by atoms with Gasteiger partial charge in [-0.2, -0.15) is 0 Å². The lowest BCUT2D eigenvalue weighted by Gasteiger charge is -2.05. The first-order chi connectivity index (χ1) is 6.81. The lowest BCUT2D eigenvalue weighted by Crippen LogP contribution is -2.10. The van der Waals surface area contributed by atoms with Crippen LogP contribution in [0, 0.1) is 0 Å². The van der Waals surface area contributed by atoms with E-state index in [1.807, 2.05) is 0 Å². The van der Waals surface area contributed by atoms with E-state index in [1.54, 1.807) is 0 Å². The van der Waals surface area contributed by atoms with Gasteiger partial charge in [-0.3, -0.25) is 4.79 Å². The van der Waals surface area contributed by atoms with E-state index in [4.69, 9.17) is 9.47 Å². The highest BCUT2D eigenvalue weighted by atomic mass is 16.6. The second-order valence-corrected chi connectivity index (χ2v) is 3.29. The van der Waals surface area contributed by atoms with Gasteiger partial charge in [0.2, 0.25) is 0 Å². The van der Waals surface area contributed by atoms with Gasteiger partial charge >= 0.3 is 5.97 Å². The Morgan fingerprint density at radius 1 is 1.00 bits per heavy atom. The molecule has 0 unspecified atom stereocenters. The van der Waals surface area contributed by atoms with Crippen LogP contribution >= 0.6 is 0 Å². The van der Waals surface area contributed by atoms with Crippen LogP contribution in [0.15, 0.2) is 0 Å². The van der Waals surface area contributed by atoms with Gasteiger partial charge in [0, 0.05) is 13.0 Å². The Kier molecular flexibility index (Phi) is 10.1. The molecule has 3 nitrogen and oxygen atoms in total. The van der Waals surface area contributed by atoms with Crippen LogP contribution < -0.4 is 0 Å². The molecule has 0 rings (SSSR count). The quantitative estimate of drug-likeness (QED) is 0.426. The molecule has 0 aliphatic rings. The topological polar surface area (TPSA) is 35.5 Å². The summed E-state index contributed by atoms with van der Waals surface area (Å²) in [5.41, 5.74) is 0. The number of unbranched alkanes of at least 4 members (excludes halogenated alkanes) is 2. The van der Waals surface area contributed by atoms with Crippen LogP contribution in [-0.2, 0) is 14.3 Å². The fourth-order valence-corrected chi connectivity index (χ4v) is 0.956. The lowest BCUT2D eigenvalue weighted by atomic mass is 10.2. The zero-order valence-electron chi connectivity index (χ0n) is 9.38. The Bertz CT molecular complexity index is 134. The number of esters is 1. The minimum absolute atomic E-state index is 0.106. The number of carbonyl (C=O) groups excluding carboxylic acids is 1.